The van der Waals surface area contributed by atoms with Gasteiger partial charge in [-0.25, -0.2) is 0 Å². The van der Waals surface area contributed by atoms with Crippen molar-refractivity contribution in [2.24, 2.45) is 0 Å². The van der Waals surface area contributed by atoms with E-state index >= 15 is 0 Å². The second-order valence-electron chi connectivity index (χ2n) is 6.41. The van der Waals surface area contributed by atoms with Crippen molar-refractivity contribution in [3.63, 3.8) is 0 Å². The van der Waals surface area contributed by atoms with Crippen LogP contribution in [0.2, 0.25) is 0 Å². The fourth-order valence-corrected chi connectivity index (χ4v) is 3.80. The van der Waals surface area contributed by atoms with Crippen LogP contribution in [0.5, 0.6) is 0 Å². The van der Waals surface area contributed by atoms with Crippen LogP contribution in [0.15, 0.2) is 47.4 Å². The maximum absolute atomic E-state index is 13.0. The summed E-state index contributed by atoms with van der Waals surface area (Å²) in [6.45, 7) is -0.278. The number of nitrogens with one attached hydrogen (secondary N) is 1. The quantitative estimate of drug-likeness (QED) is 0.834. The maximum atomic E-state index is 13.0. The number of nitrogens with zero attached hydrogens (tertiary/aromatic N) is 2. The number of rotatable bonds is 4. The van der Waals surface area contributed by atoms with E-state index in [1.807, 2.05) is 12.1 Å². The fourth-order valence-electron chi connectivity index (χ4n) is 2.86. The van der Waals surface area contributed by atoms with E-state index in [1.165, 1.54) is 22.7 Å². The van der Waals surface area contributed by atoms with Crippen LogP contribution in [0.3, 0.4) is 0 Å². The molecule has 0 fully saturated rings. The Bertz CT molecular complexity index is 916. The Morgan fingerprint density at radius 2 is 1.93 bits per heavy atom. The minimum Gasteiger partial charge on any atom is -0.376 e. The number of hydrogen-bond donors (Lipinski definition) is 1. The van der Waals surface area contributed by atoms with Crippen LogP contribution >= 0.6 is 11.8 Å². The molecule has 0 saturated heterocycles. The summed E-state index contributed by atoms with van der Waals surface area (Å²) in [5, 5.41) is 2.52. The van der Waals surface area contributed by atoms with E-state index in [0.717, 1.165) is 17.0 Å². The fraction of sp³-hybridized carbons (Fsp3) is 0.263. The molecule has 28 heavy (non-hydrogen) atoms. The summed E-state index contributed by atoms with van der Waals surface area (Å²) in [5.41, 5.74) is 0.235. The third kappa shape index (κ3) is 4.24. The van der Waals surface area contributed by atoms with Gasteiger partial charge in [-0.15, -0.1) is 11.8 Å². The molecule has 148 valence electrons. The summed E-state index contributed by atoms with van der Waals surface area (Å²) < 4.78 is 39.1. The largest absolute Gasteiger partial charge is 0.416 e. The van der Waals surface area contributed by atoms with Crippen molar-refractivity contribution in [3.8, 4) is 0 Å². The molecule has 0 atom stereocenters. The highest BCUT2D eigenvalue weighted by molar-refractivity contribution is 8.00. The first kappa shape index (κ1) is 20.1. The van der Waals surface area contributed by atoms with E-state index in [4.69, 9.17) is 0 Å². The number of halogens is 3. The van der Waals surface area contributed by atoms with E-state index < -0.39 is 17.6 Å². The van der Waals surface area contributed by atoms with Gasteiger partial charge in [0.15, 0.2) is 0 Å². The number of anilines is 3. The minimum atomic E-state index is -4.52. The van der Waals surface area contributed by atoms with Crippen LogP contribution in [0, 0.1) is 0 Å². The zero-order valence-corrected chi connectivity index (χ0v) is 16.0. The number of hydrogen-bond acceptors (Lipinski definition) is 4. The lowest BCUT2D eigenvalue weighted by Crippen LogP contribution is -2.41. The molecule has 0 aromatic heterocycles. The van der Waals surface area contributed by atoms with Gasteiger partial charge in [0.05, 0.1) is 28.4 Å². The summed E-state index contributed by atoms with van der Waals surface area (Å²) >= 11 is 1.39. The molecule has 1 N–H and O–H groups in total. The molecule has 0 saturated carbocycles. The molecular formula is C19H18F3N3O2S. The molecule has 1 aliphatic heterocycles. The van der Waals surface area contributed by atoms with Crippen molar-refractivity contribution in [2.75, 3.05) is 41.5 Å². The second kappa shape index (κ2) is 7.75. The molecule has 0 aliphatic carbocycles. The highest BCUT2D eigenvalue weighted by atomic mass is 32.2. The number of thioether (sulfide) groups is 1. The number of benzene rings is 2. The lowest BCUT2D eigenvalue weighted by molar-refractivity contribution is -0.137. The summed E-state index contributed by atoms with van der Waals surface area (Å²) in [6.07, 6.45) is -4.52. The summed E-state index contributed by atoms with van der Waals surface area (Å²) in [5.74, 6) is -0.593. The number of carbonyl (C=O) groups excluding carboxylic acids is 2. The minimum absolute atomic E-state index is 0.0388. The van der Waals surface area contributed by atoms with E-state index in [-0.39, 0.29) is 23.9 Å². The zero-order chi connectivity index (χ0) is 20.5. The third-order valence-electron chi connectivity index (χ3n) is 4.19. The third-order valence-corrected chi connectivity index (χ3v) is 5.24. The number of para-hydroxylation sites is 1. The molecule has 1 aliphatic rings. The van der Waals surface area contributed by atoms with E-state index in [2.05, 4.69) is 5.32 Å². The van der Waals surface area contributed by atoms with Crippen molar-refractivity contribution in [1.29, 1.82) is 0 Å². The van der Waals surface area contributed by atoms with Crippen molar-refractivity contribution in [2.45, 2.75) is 11.1 Å². The molecule has 1 heterocycles. The van der Waals surface area contributed by atoms with Crippen LogP contribution in [0.25, 0.3) is 0 Å². The standard InChI is InChI=1S/C19H18F3N3O2S/c1-24(2)14-8-7-12(19(20,21)22)9-13(14)23-17(26)10-25-15-5-3-4-6-16(15)28-11-18(25)27/h3-9H,10-11H2,1-2H3,(H,23,26). The Morgan fingerprint density at radius 3 is 2.61 bits per heavy atom. The Labute approximate surface area is 164 Å². The van der Waals surface area contributed by atoms with Crippen LogP contribution in [0.1, 0.15) is 5.56 Å². The van der Waals surface area contributed by atoms with E-state index in [0.29, 0.717) is 11.4 Å². The van der Waals surface area contributed by atoms with Crippen LogP contribution < -0.4 is 15.1 Å². The van der Waals surface area contributed by atoms with E-state index in [1.54, 1.807) is 31.1 Å². The normalized spacial score (nSPS) is 13.9. The van der Waals surface area contributed by atoms with Gasteiger partial charge in [-0.2, -0.15) is 13.2 Å². The highest BCUT2D eigenvalue weighted by Gasteiger charge is 2.32. The Hall–Kier alpha value is -2.68. The average Bonchev–Trinajstić information content (AvgIpc) is 2.63. The first-order chi connectivity index (χ1) is 13.2. The number of fused-ring (bicyclic) bond motifs is 1. The highest BCUT2D eigenvalue weighted by Crippen LogP contribution is 2.36. The van der Waals surface area contributed by atoms with Crippen LogP contribution in [0.4, 0.5) is 30.2 Å². The molecule has 5 nitrogen and oxygen atoms in total. The van der Waals surface area contributed by atoms with Crippen molar-refractivity contribution in [3.05, 3.63) is 48.0 Å². The van der Waals surface area contributed by atoms with Gasteiger partial charge >= 0.3 is 6.18 Å². The molecule has 9 heteroatoms. The zero-order valence-electron chi connectivity index (χ0n) is 15.2. The topological polar surface area (TPSA) is 52.7 Å². The number of alkyl halides is 3. The average molecular weight is 409 g/mol. The van der Waals surface area contributed by atoms with Gasteiger partial charge < -0.3 is 15.1 Å². The molecule has 2 aromatic rings. The lowest BCUT2D eigenvalue weighted by atomic mass is 10.1. The first-order valence-electron chi connectivity index (χ1n) is 8.37. The van der Waals surface area contributed by atoms with Gasteiger partial charge in [0.2, 0.25) is 11.8 Å². The first-order valence-corrected chi connectivity index (χ1v) is 9.36. The lowest BCUT2D eigenvalue weighted by Gasteiger charge is -2.28. The SMILES string of the molecule is CN(C)c1ccc(C(F)(F)F)cc1NC(=O)CN1C(=O)CSc2ccccc21. The summed E-state index contributed by atoms with van der Waals surface area (Å²) in [4.78, 5) is 28.7. The predicted molar refractivity (Wildman–Crippen MR) is 104 cm³/mol. The van der Waals surface area contributed by atoms with Crippen molar-refractivity contribution in [1.82, 2.24) is 0 Å². The van der Waals surface area contributed by atoms with Gasteiger partial charge in [0.1, 0.15) is 6.54 Å². The number of amides is 2. The molecule has 3 rings (SSSR count). The number of carbonyl (C=O) groups is 2. The monoisotopic (exact) mass is 409 g/mol. The Morgan fingerprint density at radius 1 is 1.21 bits per heavy atom. The van der Waals surface area contributed by atoms with Crippen LogP contribution in [-0.4, -0.2) is 38.2 Å². The van der Waals surface area contributed by atoms with Gasteiger partial charge in [0, 0.05) is 19.0 Å². The van der Waals surface area contributed by atoms with Gasteiger partial charge in [-0.1, -0.05) is 12.1 Å². The molecule has 0 bridgehead atoms. The van der Waals surface area contributed by atoms with Crippen LogP contribution in [-0.2, 0) is 15.8 Å². The van der Waals surface area contributed by atoms with Crippen molar-refractivity contribution < 1.29 is 22.8 Å². The second-order valence-corrected chi connectivity index (χ2v) is 7.43. The van der Waals surface area contributed by atoms with E-state index in [9.17, 15) is 22.8 Å². The van der Waals surface area contributed by atoms with Gasteiger partial charge in [-0.3, -0.25) is 9.59 Å². The predicted octanol–water partition coefficient (Wildman–Crippen LogP) is 3.85. The molecule has 0 unspecified atom stereocenters. The van der Waals surface area contributed by atoms with Crippen molar-refractivity contribution >= 4 is 40.6 Å². The maximum Gasteiger partial charge on any atom is 0.416 e. The Balaban J connectivity index is 1.84. The molecule has 0 spiro atoms. The Kier molecular flexibility index (Phi) is 5.55. The molecule has 2 aromatic carbocycles. The summed E-state index contributed by atoms with van der Waals surface area (Å²) in [7, 11) is 3.33. The molecule has 0 radical (unpaired) electrons. The molecular weight excluding hydrogens is 391 g/mol. The van der Waals surface area contributed by atoms with Gasteiger partial charge in [0.25, 0.3) is 0 Å². The van der Waals surface area contributed by atoms with Gasteiger partial charge in [-0.05, 0) is 30.3 Å². The smallest absolute Gasteiger partial charge is 0.376 e. The molecule has 2 amide bonds. The summed E-state index contributed by atoms with van der Waals surface area (Å²) in [6, 6.07) is 10.4.